The van der Waals surface area contributed by atoms with E-state index in [0.29, 0.717) is 12.5 Å². The molecule has 0 bridgehead atoms. The fourth-order valence-corrected chi connectivity index (χ4v) is 1.55. The lowest BCUT2D eigenvalue weighted by atomic mass is 10.1. The van der Waals surface area contributed by atoms with E-state index in [4.69, 9.17) is 4.74 Å². The van der Waals surface area contributed by atoms with E-state index in [2.05, 4.69) is 19.2 Å². The van der Waals surface area contributed by atoms with Crippen molar-refractivity contribution in [3.05, 3.63) is 29.8 Å². The van der Waals surface area contributed by atoms with Gasteiger partial charge in [0, 0.05) is 19.6 Å². The van der Waals surface area contributed by atoms with Crippen molar-refractivity contribution < 1.29 is 9.53 Å². The third kappa shape index (κ3) is 4.81. The summed E-state index contributed by atoms with van der Waals surface area (Å²) in [4.78, 5) is 13.7. The van der Waals surface area contributed by atoms with E-state index in [1.54, 1.807) is 19.1 Å². The minimum atomic E-state index is -0.0444. The minimum absolute atomic E-state index is 0.0444. The van der Waals surface area contributed by atoms with Crippen molar-refractivity contribution in [2.45, 2.75) is 33.4 Å². The van der Waals surface area contributed by atoms with Crippen LogP contribution in [-0.4, -0.2) is 31.1 Å². The predicted octanol–water partition coefficient (Wildman–Crippen LogP) is 2.88. The fraction of sp³-hybridized carbons (Fsp3) is 0.533. The number of carbonyl (C=O) groups is 1. The zero-order chi connectivity index (χ0) is 14.4. The van der Waals surface area contributed by atoms with Gasteiger partial charge in [0.05, 0.1) is 7.11 Å². The van der Waals surface area contributed by atoms with Gasteiger partial charge in [0.15, 0.2) is 0 Å². The molecular formula is C15H24N2O2. The van der Waals surface area contributed by atoms with Crippen LogP contribution >= 0.6 is 0 Å². The number of methoxy groups -OCH3 is 1. The third-order valence-corrected chi connectivity index (χ3v) is 3.28. The van der Waals surface area contributed by atoms with E-state index >= 15 is 0 Å². The summed E-state index contributed by atoms with van der Waals surface area (Å²) in [6, 6.07) is 7.86. The monoisotopic (exact) mass is 264 g/mol. The Labute approximate surface area is 115 Å². The Morgan fingerprint density at radius 1 is 1.26 bits per heavy atom. The molecule has 0 heterocycles. The minimum Gasteiger partial charge on any atom is -0.497 e. The van der Waals surface area contributed by atoms with Gasteiger partial charge in [-0.1, -0.05) is 26.0 Å². The van der Waals surface area contributed by atoms with E-state index in [1.807, 2.05) is 31.2 Å². The molecule has 0 aromatic heterocycles. The van der Waals surface area contributed by atoms with Gasteiger partial charge in [0.1, 0.15) is 5.75 Å². The number of nitrogens with zero attached hydrogens (tertiary/aromatic N) is 1. The molecule has 0 aliphatic heterocycles. The third-order valence-electron chi connectivity index (χ3n) is 3.28. The first-order valence-corrected chi connectivity index (χ1v) is 6.58. The van der Waals surface area contributed by atoms with Crippen LogP contribution in [0.4, 0.5) is 4.79 Å². The highest BCUT2D eigenvalue weighted by molar-refractivity contribution is 5.74. The number of carbonyl (C=O) groups excluding carboxylic acids is 1. The quantitative estimate of drug-likeness (QED) is 0.888. The van der Waals surface area contributed by atoms with Crippen molar-refractivity contribution in [1.82, 2.24) is 10.2 Å². The topological polar surface area (TPSA) is 41.6 Å². The average molecular weight is 264 g/mol. The number of hydrogen-bond donors (Lipinski definition) is 1. The first kappa shape index (κ1) is 15.3. The number of rotatable bonds is 5. The summed E-state index contributed by atoms with van der Waals surface area (Å²) in [7, 11) is 3.44. The molecule has 1 N–H and O–H groups in total. The fourth-order valence-electron chi connectivity index (χ4n) is 1.55. The highest BCUT2D eigenvalue weighted by atomic mass is 16.5. The molecule has 4 nitrogen and oxygen atoms in total. The van der Waals surface area contributed by atoms with E-state index < -0.39 is 0 Å². The number of ether oxygens (including phenoxy) is 1. The zero-order valence-corrected chi connectivity index (χ0v) is 12.4. The first-order chi connectivity index (χ1) is 8.93. The Morgan fingerprint density at radius 3 is 2.32 bits per heavy atom. The summed E-state index contributed by atoms with van der Waals surface area (Å²) in [6.07, 6.45) is 0. The molecule has 0 spiro atoms. The van der Waals surface area contributed by atoms with Crippen molar-refractivity contribution in [1.29, 1.82) is 0 Å². The van der Waals surface area contributed by atoms with E-state index in [-0.39, 0.29) is 12.1 Å². The molecule has 0 saturated carbocycles. The largest absolute Gasteiger partial charge is 0.497 e. The number of nitrogens with one attached hydrogen (secondary N) is 1. The second-order valence-corrected chi connectivity index (χ2v) is 5.19. The van der Waals surface area contributed by atoms with Crippen LogP contribution < -0.4 is 10.1 Å². The van der Waals surface area contributed by atoms with Crippen molar-refractivity contribution >= 4 is 6.03 Å². The van der Waals surface area contributed by atoms with Crippen molar-refractivity contribution in [3.8, 4) is 5.75 Å². The van der Waals surface area contributed by atoms with Gasteiger partial charge in [0.25, 0.3) is 0 Å². The van der Waals surface area contributed by atoms with Gasteiger partial charge in [-0.15, -0.1) is 0 Å². The smallest absolute Gasteiger partial charge is 0.317 e. The number of urea groups is 1. The molecule has 1 atom stereocenters. The lowest BCUT2D eigenvalue weighted by molar-refractivity contribution is 0.200. The number of benzene rings is 1. The Morgan fingerprint density at radius 2 is 1.84 bits per heavy atom. The van der Waals surface area contributed by atoms with E-state index in [0.717, 1.165) is 11.3 Å². The second kappa shape index (κ2) is 7.02. The molecule has 0 aliphatic rings. The van der Waals surface area contributed by atoms with Gasteiger partial charge < -0.3 is 15.0 Å². The Bertz CT molecular complexity index is 401. The SMILES string of the molecule is COc1ccc(CN(C)C(=O)NC(C)C(C)C)cc1. The van der Waals surface area contributed by atoms with Gasteiger partial charge in [-0.05, 0) is 30.5 Å². The van der Waals surface area contributed by atoms with Crippen molar-refractivity contribution in [2.75, 3.05) is 14.2 Å². The first-order valence-electron chi connectivity index (χ1n) is 6.58. The lowest BCUT2D eigenvalue weighted by Crippen LogP contribution is -2.43. The summed E-state index contributed by atoms with van der Waals surface area (Å²) >= 11 is 0. The molecule has 0 saturated heterocycles. The molecule has 1 aromatic carbocycles. The van der Waals surface area contributed by atoms with Crippen LogP contribution in [0.2, 0.25) is 0 Å². The maximum absolute atomic E-state index is 12.0. The normalized spacial score (nSPS) is 12.1. The number of hydrogen-bond acceptors (Lipinski definition) is 2. The maximum atomic E-state index is 12.0. The summed E-state index contributed by atoms with van der Waals surface area (Å²) in [5.74, 6) is 1.25. The summed E-state index contributed by atoms with van der Waals surface area (Å²) in [5, 5.41) is 2.98. The summed E-state index contributed by atoms with van der Waals surface area (Å²) in [5.41, 5.74) is 1.08. The van der Waals surface area contributed by atoms with Gasteiger partial charge in [-0.2, -0.15) is 0 Å². The van der Waals surface area contributed by atoms with Crippen LogP contribution in [0.25, 0.3) is 0 Å². The maximum Gasteiger partial charge on any atom is 0.317 e. The van der Waals surface area contributed by atoms with Crippen LogP contribution in [0.15, 0.2) is 24.3 Å². The molecule has 0 fully saturated rings. The highest BCUT2D eigenvalue weighted by Gasteiger charge is 2.14. The van der Waals surface area contributed by atoms with Gasteiger partial charge in [0.2, 0.25) is 0 Å². The van der Waals surface area contributed by atoms with Crippen LogP contribution in [0.1, 0.15) is 26.3 Å². The average Bonchev–Trinajstić information content (AvgIpc) is 2.39. The number of amides is 2. The molecule has 1 aromatic rings. The predicted molar refractivity (Wildman–Crippen MR) is 77.3 cm³/mol. The van der Waals surface area contributed by atoms with Crippen LogP contribution in [0, 0.1) is 5.92 Å². The van der Waals surface area contributed by atoms with Gasteiger partial charge in [-0.3, -0.25) is 0 Å². The Balaban J connectivity index is 2.53. The van der Waals surface area contributed by atoms with Crippen LogP contribution in [-0.2, 0) is 6.54 Å². The molecule has 1 rings (SSSR count). The Kier molecular flexibility index (Phi) is 5.67. The van der Waals surface area contributed by atoms with E-state index in [9.17, 15) is 4.79 Å². The second-order valence-electron chi connectivity index (χ2n) is 5.19. The molecule has 0 radical (unpaired) electrons. The molecule has 4 heteroatoms. The lowest BCUT2D eigenvalue weighted by Gasteiger charge is -2.23. The van der Waals surface area contributed by atoms with Crippen molar-refractivity contribution in [2.24, 2.45) is 5.92 Å². The molecular weight excluding hydrogens is 240 g/mol. The van der Waals surface area contributed by atoms with Crippen LogP contribution in [0.3, 0.4) is 0 Å². The zero-order valence-electron chi connectivity index (χ0n) is 12.4. The molecule has 19 heavy (non-hydrogen) atoms. The van der Waals surface area contributed by atoms with Crippen molar-refractivity contribution in [3.63, 3.8) is 0 Å². The summed E-state index contributed by atoms with van der Waals surface area (Å²) in [6.45, 7) is 6.78. The van der Waals surface area contributed by atoms with E-state index in [1.165, 1.54) is 0 Å². The Hall–Kier alpha value is -1.71. The highest BCUT2D eigenvalue weighted by Crippen LogP contribution is 2.12. The molecule has 0 aliphatic carbocycles. The standard InChI is InChI=1S/C15H24N2O2/c1-11(2)12(3)16-15(18)17(4)10-13-6-8-14(19-5)9-7-13/h6-9,11-12H,10H2,1-5H3,(H,16,18). The molecule has 106 valence electrons. The molecule has 1 unspecified atom stereocenters. The molecule has 2 amide bonds. The summed E-state index contributed by atoms with van der Waals surface area (Å²) < 4.78 is 5.11. The van der Waals surface area contributed by atoms with Crippen LogP contribution in [0.5, 0.6) is 5.75 Å². The van der Waals surface area contributed by atoms with Gasteiger partial charge >= 0.3 is 6.03 Å². The van der Waals surface area contributed by atoms with Gasteiger partial charge in [-0.25, -0.2) is 4.79 Å².